The number of aromatic amines is 1. The fourth-order valence-electron chi connectivity index (χ4n) is 2.66. The van der Waals surface area contributed by atoms with Crippen LogP contribution in [0.5, 0.6) is 0 Å². The van der Waals surface area contributed by atoms with Gasteiger partial charge in [0.1, 0.15) is 0 Å². The van der Waals surface area contributed by atoms with Gasteiger partial charge >= 0.3 is 0 Å². The molecule has 0 spiro atoms. The standard InChI is InChI=1S/C17H13ClN4.ClH/c1-10-8-15(21-13-5-3-12(18)4-6-13)16-14(20-10)7-2-11-9-19-22-17(11)16;/h2-9H,1H3,(H,19,22)(H,20,21);1H. The van der Waals surface area contributed by atoms with Gasteiger partial charge in [0, 0.05) is 27.2 Å². The van der Waals surface area contributed by atoms with Crippen molar-refractivity contribution in [3.63, 3.8) is 0 Å². The van der Waals surface area contributed by atoms with Gasteiger partial charge in [-0.2, -0.15) is 5.10 Å². The zero-order chi connectivity index (χ0) is 15.1. The largest absolute Gasteiger partial charge is 0.355 e. The topological polar surface area (TPSA) is 53.6 Å². The van der Waals surface area contributed by atoms with Crippen LogP contribution in [0.15, 0.2) is 48.7 Å². The predicted molar refractivity (Wildman–Crippen MR) is 98.1 cm³/mol. The van der Waals surface area contributed by atoms with Crippen LogP contribution in [-0.2, 0) is 0 Å². The lowest BCUT2D eigenvalue weighted by Gasteiger charge is -2.11. The second-order valence-corrected chi connectivity index (χ2v) is 5.67. The summed E-state index contributed by atoms with van der Waals surface area (Å²) in [6, 6.07) is 13.7. The Morgan fingerprint density at radius 2 is 1.87 bits per heavy atom. The van der Waals surface area contributed by atoms with E-state index in [9.17, 15) is 0 Å². The molecule has 116 valence electrons. The van der Waals surface area contributed by atoms with Gasteiger partial charge < -0.3 is 5.32 Å². The fraction of sp³-hybridized carbons (Fsp3) is 0.0588. The Labute approximate surface area is 144 Å². The monoisotopic (exact) mass is 344 g/mol. The van der Waals surface area contributed by atoms with E-state index in [1.165, 1.54) is 0 Å². The van der Waals surface area contributed by atoms with E-state index in [1.807, 2.05) is 55.6 Å². The van der Waals surface area contributed by atoms with Crippen LogP contribution in [0.2, 0.25) is 5.02 Å². The molecule has 4 nitrogen and oxygen atoms in total. The van der Waals surface area contributed by atoms with Crippen molar-refractivity contribution in [3.05, 3.63) is 59.4 Å². The highest BCUT2D eigenvalue weighted by molar-refractivity contribution is 6.30. The van der Waals surface area contributed by atoms with E-state index >= 15 is 0 Å². The molecule has 4 rings (SSSR count). The average molecular weight is 345 g/mol. The molecule has 0 unspecified atom stereocenters. The second kappa shape index (κ2) is 6.07. The van der Waals surface area contributed by atoms with Crippen molar-refractivity contribution in [3.8, 4) is 0 Å². The second-order valence-electron chi connectivity index (χ2n) is 5.24. The highest BCUT2D eigenvalue weighted by atomic mass is 35.5. The number of halogens is 2. The van der Waals surface area contributed by atoms with Gasteiger partial charge in [0.2, 0.25) is 0 Å². The van der Waals surface area contributed by atoms with Crippen molar-refractivity contribution >= 4 is 57.2 Å². The minimum Gasteiger partial charge on any atom is -0.355 e. The molecule has 0 fully saturated rings. The molecule has 0 atom stereocenters. The zero-order valence-corrected chi connectivity index (χ0v) is 13.9. The van der Waals surface area contributed by atoms with Crippen molar-refractivity contribution < 1.29 is 0 Å². The predicted octanol–water partition coefficient (Wildman–Crippen LogP) is 5.24. The Bertz CT molecular complexity index is 977. The van der Waals surface area contributed by atoms with E-state index in [0.29, 0.717) is 0 Å². The summed E-state index contributed by atoms with van der Waals surface area (Å²) < 4.78 is 0. The van der Waals surface area contributed by atoms with E-state index in [1.54, 1.807) is 0 Å². The third-order valence-electron chi connectivity index (χ3n) is 3.64. The highest BCUT2D eigenvalue weighted by Crippen LogP contribution is 2.31. The lowest BCUT2D eigenvalue weighted by Crippen LogP contribution is -1.95. The Hall–Kier alpha value is -2.30. The van der Waals surface area contributed by atoms with Crippen LogP contribution in [0.3, 0.4) is 0 Å². The summed E-state index contributed by atoms with van der Waals surface area (Å²) in [5, 5.41) is 13.5. The zero-order valence-electron chi connectivity index (χ0n) is 12.3. The Morgan fingerprint density at radius 1 is 1.09 bits per heavy atom. The summed E-state index contributed by atoms with van der Waals surface area (Å²) >= 11 is 5.95. The number of benzene rings is 2. The quantitative estimate of drug-likeness (QED) is 0.522. The summed E-state index contributed by atoms with van der Waals surface area (Å²) in [6.07, 6.45) is 1.82. The molecule has 2 aromatic carbocycles. The first-order valence-electron chi connectivity index (χ1n) is 6.97. The normalized spacial score (nSPS) is 10.7. The Kier molecular flexibility index (Phi) is 4.11. The molecule has 0 saturated heterocycles. The van der Waals surface area contributed by atoms with Crippen LogP contribution >= 0.6 is 24.0 Å². The fourth-order valence-corrected chi connectivity index (χ4v) is 2.78. The van der Waals surface area contributed by atoms with E-state index < -0.39 is 0 Å². The molecule has 0 aliphatic carbocycles. The molecule has 0 radical (unpaired) electrons. The van der Waals surface area contributed by atoms with Gasteiger partial charge in [-0.1, -0.05) is 11.6 Å². The van der Waals surface area contributed by atoms with Crippen molar-refractivity contribution in [1.82, 2.24) is 15.2 Å². The number of anilines is 2. The molecule has 6 heteroatoms. The van der Waals surface area contributed by atoms with Crippen LogP contribution in [0, 0.1) is 6.92 Å². The van der Waals surface area contributed by atoms with Gasteiger partial charge in [0.05, 0.1) is 22.9 Å². The number of pyridine rings is 1. The maximum Gasteiger partial charge on any atom is 0.0765 e. The van der Waals surface area contributed by atoms with E-state index in [-0.39, 0.29) is 12.4 Å². The molecule has 23 heavy (non-hydrogen) atoms. The summed E-state index contributed by atoms with van der Waals surface area (Å²) in [4.78, 5) is 4.61. The molecule has 4 aromatic rings. The van der Waals surface area contributed by atoms with Crippen LogP contribution in [0.4, 0.5) is 11.4 Å². The number of rotatable bonds is 2. The van der Waals surface area contributed by atoms with Crippen molar-refractivity contribution in [2.75, 3.05) is 5.32 Å². The number of nitrogens with one attached hydrogen (secondary N) is 2. The van der Waals surface area contributed by atoms with Crippen molar-refractivity contribution in [2.45, 2.75) is 6.92 Å². The molecule has 0 amide bonds. The molecule has 2 aromatic heterocycles. The first-order valence-corrected chi connectivity index (χ1v) is 7.34. The first kappa shape index (κ1) is 15.6. The van der Waals surface area contributed by atoms with E-state index in [4.69, 9.17) is 11.6 Å². The third-order valence-corrected chi connectivity index (χ3v) is 3.89. The maximum atomic E-state index is 5.95. The summed E-state index contributed by atoms with van der Waals surface area (Å²) in [6.45, 7) is 1.99. The Morgan fingerprint density at radius 3 is 2.65 bits per heavy atom. The number of hydrogen-bond donors (Lipinski definition) is 2. The first-order chi connectivity index (χ1) is 10.7. The average Bonchev–Trinajstić information content (AvgIpc) is 2.97. The molecule has 2 N–H and O–H groups in total. The lowest BCUT2D eigenvalue weighted by molar-refractivity contribution is 1.12. The third kappa shape index (κ3) is 2.83. The number of aryl methyl sites for hydroxylation is 1. The number of nitrogens with zero attached hydrogens (tertiary/aromatic N) is 2. The lowest BCUT2D eigenvalue weighted by atomic mass is 10.1. The van der Waals surface area contributed by atoms with Gasteiger partial charge in [0.15, 0.2) is 0 Å². The van der Waals surface area contributed by atoms with Crippen molar-refractivity contribution in [2.24, 2.45) is 0 Å². The number of aromatic nitrogens is 3. The number of fused-ring (bicyclic) bond motifs is 3. The van der Waals surface area contributed by atoms with Crippen LogP contribution in [0.25, 0.3) is 21.8 Å². The summed E-state index contributed by atoms with van der Waals surface area (Å²) in [7, 11) is 0. The minimum absolute atomic E-state index is 0. The van der Waals surface area contributed by atoms with Gasteiger partial charge in [-0.05, 0) is 49.4 Å². The molecule has 2 heterocycles. The molecule has 0 saturated carbocycles. The maximum absolute atomic E-state index is 5.95. The van der Waals surface area contributed by atoms with Gasteiger partial charge in [0.25, 0.3) is 0 Å². The smallest absolute Gasteiger partial charge is 0.0765 e. The van der Waals surface area contributed by atoms with Gasteiger partial charge in [-0.15, -0.1) is 12.4 Å². The summed E-state index contributed by atoms with van der Waals surface area (Å²) in [5.74, 6) is 0. The summed E-state index contributed by atoms with van der Waals surface area (Å²) in [5.41, 5.74) is 4.87. The highest BCUT2D eigenvalue weighted by Gasteiger charge is 2.10. The van der Waals surface area contributed by atoms with E-state index in [2.05, 4.69) is 20.5 Å². The van der Waals surface area contributed by atoms with Gasteiger partial charge in [-0.3, -0.25) is 10.1 Å². The van der Waals surface area contributed by atoms with Crippen molar-refractivity contribution in [1.29, 1.82) is 0 Å². The van der Waals surface area contributed by atoms with Crippen LogP contribution < -0.4 is 5.32 Å². The van der Waals surface area contributed by atoms with Crippen LogP contribution in [0.1, 0.15) is 5.69 Å². The number of hydrogen-bond acceptors (Lipinski definition) is 3. The number of H-pyrrole nitrogens is 1. The Balaban J connectivity index is 0.00000156. The molecular formula is C17H14Cl2N4. The molecule has 0 aliphatic rings. The minimum atomic E-state index is 0. The molecule has 0 aliphatic heterocycles. The molecular weight excluding hydrogens is 331 g/mol. The van der Waals surface area contributed by atoms with Crippen LogP contribution in [-0.4, -0.2) is 15.2 Å². The molecule has 0 bridgehead atoms. The van der Waals surface area contributed by atoms with E-state index in [0.717, 1.165) is 43.9 Å². The SMILES string of the molecule is Cc1cc(Nc2ccc(Cl)cc2)c2c(ccc3cn[nH]c32)n1.Cl. The van der Waals surface area contributed by atoms with Gasteiger partial charge in [-0.25, -0.2) is 0 Å².